The van der Waals surface area contributed by atoms with E-state index in [1.54, 1.807) is 11.0 Å². The minimum absolute atomic E-state index is 0. The first-order valence-electron chi connectivity index (χ1n) is 7.72. The number of benzene rings is 1. The number of carbonyl (C=O) groups is 1. The molecule has 2 rings (SSSR count). The van der Waals surface area contributed by atoms with E-state index in [-0.39, 0.29) is 47.3 Å². The number of hydrogen-bond donors (Lipinski definition) is 1. The van der Waals surface area contributed by atoms with Crippen molar-refractivity contribution in [3.05, 3.63) is 28.2 Å². The van der Waals surface area contributed by atoms with Gasteiger partial charge < -0.3 is 27.4 Å². The second-order valence-electron chi connectivity index (χ2n) is 6.40. The van der Waals surface area contributed by atoms with Crippen molar-refractivity contribution in [2.75, 3.05) is 18.8 Å². The predicted octanol–water partition coefficient (Wildman–Crippen LogP) is 1.44. The Morgan fingerprint density at radius 2 is 2.04 bits per heavy atom. The van der Waals surface area contributed by atoms with Gasteiger partial charge in [0.15, 0.2) is 0 Å². The Labute approximate surface area is 181 Å². The van der Waals surface area contributed by atoms with Crippen LogP contribution in [0.2, 0.25) is 0 Å². The smallest absolute Gasteiger partial charge is 0.793 e. The van der Waals surface area contributed by atoms with Gasteiger partial charge in [0.25, 0.3) is 0 Å². The maximum Gasteiger partial charge on any atom is 1.00 e. The third-order valence-electron chi connectivity index (χ3n) is 3.27. The standard InChI is InChI=1S/C15H20BrNO3.C2H6S.Na/c1-15(2,3)20-14(19)17-7-6-10(9-17)12-5-4-11(16)8-13(12)18;1-2-3;/h4-5,8,10,18H,6-7,9H2,1-3H3;3H,2H2,1H3;/q;;+1/p-1/t10-;;/m1../s1. The number of aromatic hydroxyl groups is 1. The number of hydrogen-bond acceptors (Lipinski definition) is 4. The molecule has 0 aliphatic carbocycles. The van der Waals surface area contributed by atoms with Crippen LogP contribution in [0.3, 0.4) is 0 Å². The number of halogens is 1. The summed E-state index contributed by atoms with van der Waals surface area (Å²) in [7, 11) is 0. The number of amides is 1. The third-order valence-corrected chi connectivity index (χ3v) is 3.77. The van der Waals surface area contributed by atoms with E-state index >= 15 is 0 Å². The molecule has 7 heteroatoms. The van der Waals surface area contributed by atoms with Crippen molar-refractivity contribution in [1.82, 2.24) is 4.90 Å². The maximum absolute atomic E-state index is 12.0. The van der Waals surface area contributed by atoms with Crippen molar-refractivity contribution in [2.45, 2.75) is 45.6 Å². The first-order valence-corrected chi connectivity index (χ1v) is 9.09. The van der Waals surface area contributed by atoms with Crippen molar-refractivity contribution < 1.29 is 44.2 Å². The van der Waals surface area contributed by atoms with Crippen molar-refractivity contribution in [1.29, 1.82) is 0 Å². The molecule has 0 unspecified atom stereocenters. The van der Waals surface area contributed by atoms with Gasteiger partial charge in [0.1, 0.15) is 11.4 Å². The number of phenolic OH excluding ortho intramolecular Hbond substituents is 1. The van der Waals surface area contributed by atoms with E-state index in [0.29, 0.717) is 13.1 Å². The Morgan fingerprint density at radius 3 is 2.54 bits per heavy atom. The Balaban J connectivity index is 0.00000123. The summed E-state index contributed by atoms with van der Waals surface area (Å²) in [6.45, 7) is 8.77. The number of rotatable bonds is 1. The minimum atomic E-state index is -0.477. The summed E-state index contributed by atoms with van der Waals surface area (Å²) in [4.78, 5) is 13.7. The molecule has 24 heavy (non-hydrogen) atoms. The zero-order valence-electron chi connectivity index (χ0n) is 15.1. The van der Waals surface area contributed by atoms with Gasteiger partial charge in [0.05, 0.1) is 0 Å². The molecule has 1 saturated heterocycles. The van der Waals surface area contributed by atoms with E-state index < -0.39 is 5.60 Å². The molecule has 1 aromatic carbocycles. The van der Waals surface area contributed by atoms with Gasteiger partial charge >= 0.3 is 35.7 Å². The molecule has 1 aromatic rings. The molecule has 1 amide bonds. The van der Waals surface area contributed by atoms with Crippen LogP contribution in [-0.4, -0.2) is 40.5 Å². The second-order valence-corrected chi connectivity index (χ2v) is 7.90. The Kier molecular flexibility index (Phi) is 11.0. The van der Waals surface area contributed by atoms with Crippen LogP contribution in [0.5, 0.6) is 5.75 Å². The number of nitrogens with zero attached hydrogens (tertiary/aromatic N) is 1. The van der Waals surface area contributed by atoms with Crippen molar-refractivity contribution in [3.8, 4) is 5.75 Å². The van der Waals surface area contributed by atoms with Crippen molar-refractivity contribution in [2.24, 2.45) is 0 Å². The first-order chi connectivity index (χ1) is 10.7. The van der Waals surface area contributed by atoms with E-state index in [1.165, 1.54) is 0 Å². The molecule has 0 spiro atoms. The molecular weight excluding hydrogens is 401 g/mol. The number of carbonyl (C=O) groups excluding carboxylic acids is 1. The van der Waals surface area contributed by atoms with Crippen LogP contribution in [0.4, 0.5) is 4.79 Å². The molecule has 130 valence electrons. The van der Waals surface area contributed by atoms with E-state index in [4.69, 9.17) is 4.74 Å². The quantitative estimate of drug-likeness (QED) is 0.546. The van der Waals surface area contributed by atoms with Gasteiger partial charge in [-0.05, 0) is 44.9 Å². The van der Waals surface area contributed by atoms with Crippen LogP contribution >= 0.6 is 15.9 Å². The third kappa shape index (κ3) is 8.00. The Morgan fingerprint density at radius 1 is 1.46 bits per heavy atom. The van der Waals surface area contributed by atoms with E-state index in [0.717, 1.165) is 22.2 Å². The van der Waals surface area contributed by atoms with Gasteiger partial charge in [-0.3, -0.25) is 0 Å². The fourth-order valence-corrected chi connectivity index (χ4v) is 2.72. The van der Waals surface area contributed by atoms with Crippen LogP contribution in [0.25, 0.3) is 0 Å². The molecule has 0 bridgehead atoms. The van der Waals surface area contributed by atoms with E-state index in [2.05, 4.69) is 28.6 Å². The van der Waals surface area contributed by atoms with Gasteiger partial charge in [-0.1, -0.05) is 28.9 Å². The van der Waals surface area contributed by atoms with Crippen LogP contribution in [0.1, 0.15) is 45.6 Å². The topological polar surface area (TPSA) is 49.8 Å². The molecule has 1 N–H and O–H groups in total. The summed E-state index contributed by atoms with van der Waals surface area (Å²) < 4.78 is 6.22. The molecule has 1 aliphatic rings. The maximum atomic E-state index is 12.0. The number of phenols is 1. The molecule has 1 heterocycles. The summed E-state index contributed by atoms with van der Waals surface area (Å²) in [5.41, 5.74) is 0.411. The summed E-state index contributed by atoms with van der Waals surface area (Å²) in [5.74, 6) is 1.27. The average molecular weight is 426 g/mol. The first kappa shape index (κ1) is 24.1. The monoisotopic (exact) mass is 425 g/mol. The Bertz CT molecular complexity index is 537. The van der Waals surface area contributed by atoms with Crippen molar-refractivity contribution in [3.63, 3.8) is 0 Å². The van der Waals surface area contributed by atoms with Gasteiger partial charge in [-0.25, -0.2) is 4.79 Å². The van der Waals surface area contributed by atoms with Gasteiger partial charge in [-0.2, -0.15) is 5.75 Å². The van der Waals surface area contributed by atoms with Gasteiger partial charge in [0, 0.05) is 23.5 Å². The average Bonchev–Trinajstić information content (AvgIpc) is 2.87. The molecule has 0 radical (unpaired) electrons. The van der Waals surface area contributed by atoms with Gasteiger partial charge in [0.2, 0.25) is 0 Å². The SMILES string of the molecule is CC(C)(C)OC(=O)N1CC[C@@H](c2ccc(Br)cc2O)C1.CC[S-].[Na+]. The molecule has 1 atom stereocenters. The minimum Gasteiger partial charge on any atom is -0.793 e. The van der Waals surface area contributed by atoms with Crippen LogP contribution in [0, 0.1) is 0 Å². The molecule has 0 aromatic heterocycles. The predicted molar refractivity (Wildman–Crippen MR) is 98.9 cm³/mol. The van der Waals surface area contributed by atoms with E-state index in [1.807, 2.05) is 39.8 Å². The molecule has 4 nitrogen and oxygen atoms in total. The van der Waals surface area contributed by atoms with Crippen LogP contribution in [-0.2, 0) is 17.4 Å². The zero-order chi connectivity index (χ0) is 17.6. The number of likely N-dealkylation sites (tertiary alicyclic amines) is 1. The summed E-state index contributed by atoms with van der Waals surface area (Å²) in [5, 5.41) is 10.00. The van der Waals surface area contributed by atoms with E-state index in [9.17, 15) is 9.90 Å². The molecule has 1 fully saturated rings. The van der Waals surface area contributed by atoms with Crippen molar-refractivity contribution >= 4 is 34.7 Å². The fraction of sp³-hybridized carbons (Fsp3) is 0.588. The summed E-state index contributed by atoms with van der Waals surface area (Å²) in [6, 6.07) is 5.50. The second kappa shape index (κ2) is 11.0. The largest absolute Gasteiger partial charge is 1.00 e. The molecule has 1 aliphatic heterocycles. The van der Waals surface area contributed by atoms with Gasteiger partial charge in [-0.15, -0.1) is 0 Å². The summed E-state index contributed by atoms with van der Waals surface area (Å²) >= 11 is 7.72. The zero-order valence-corrected chi connectivity index (χ0v) is 19.5. The van der Waals surface area contributed by atoms with Crippen LogP contribution < -0.4 is 29.6 Å². The normalized spacial score (nSPS) is 16.8. The number of ether oxygens (including phenoxy) is 1. The van der Waals surface area contributed by atoms with Crippen LogP contribution in [0.15, 0.2) is 22.7 Å². The molecular formula is C17H25BrNNaO3S. The Hall–Kier alpha value is 0.120. The summed E-state index contributed by atoms with van der Waals surface area (Å²) in [6.07, 6.45) is 0.561. The molecule has 0 saturated carbocycles. The fourth-order valence-electron chi connectivity index (χ4n) is 2.37.